The molecule has 0 saturated heterocycles. The highest BCUT2D eigenvalue weighted by Crippen LogP contribution is 2.33. The van der Waals surface area contributed by atoms with E-state index in [1.165, 1.54) is 0 Å². The van der Waals surface area contributed by atoms with Crippen LogP contribution in [0, 0.1) is 0 Å². The van der Waals surface area contributed by atoms with Crippen LogP contribution in [0.4, 0.5) is 0 Å². The average molecular weight is 294 g/mol. The van der Waals surface area contributed by atoms with Crippen molar-refractivity contribution in [3.8, 4) is 0 Å². The fraction of sp³-hybridized carbons (Fsp3) is 0. The van der Waals surface area contributed by atoms with Gasteiger partial charge in [0.2, 0.25) is 0 Å². The zero-order valence-corrected chi connectivity index (χ0v) is 10.7. The van der Waals surface area contributed by atoms with Crippen LogP contribution in [0.1, 0.15) is 10.4 Å². The molecule has 1 aromatic heterocycles. The summed E-state index contributed by atoms with van der Waals surface area (Å²) in [6, 6.07) is 9.45. The second-order valence-electron chi connectivity index (χ2n) is 3.09. The highest BCUT2D eigenvalue weighted by molar-refractivity contribution is 9.10. The molecule has 0 aliphatic carbocycles. The first-order valence-electron chi connectivity index (χ1n) is 4.62. The first-order chi connectivity index (χ1) is 7.79. The molecule has 1 aromatic carbocycles. The molecule has 0 aliphatic rings. The number of aromatic nitrogens is 1. The highest BCUT2D eigenvalue weighted by Gasteiger charge is 2.03. The third-order valence-corrected chi connectivity index (χ3v) is 3.97. The minimum atomic E-state index is 0.672. The lowest BCUT2D eigenvalue weighted by Gasteiger charge is -2.04. The lowest BCUT2D eigenvalue weighted by atomic mass is 10.2. The molecule has 16 heavy (non-hydrogen) atoms. The Morgan fingerprint density at radius 1 is 1.19 bits per heavy atom. The van der Waals surface area contributed by atoms with E-state index >= 15 is 0 Å². The number of hydrogen-bond acceptors (Lipinski definition) is 3. The standard InChI is InChI=1S/C12H8BrNOS/c13-11-7-9(8-15)1-2-12(11)16-10-3-5-14-6-4-10/h1-8H. The van der Waals surface area contributed by atoms with E-state index in [4.69, 9.17) is 0 Å². The van der Waals surface area contributed by atoms with Crippen LogP contribution in [-0.4, -0.2) is 11.3 Å². The second-order valence-corrected chi connectivity index (χ2v) is 5.06. The Balaban J connectivity index is 2.25. The maximum atomic E-state index is 10.6. The van der Waals surface area contributed by atoms with Gasteiger partial charge in [0, 0.05) is 32.2 Å². The Morgan fingerprint density at radius 2 is 1.94 bits per heavy atom. The SMILES string of the molecule is O=Cc1ccc(Sc2ccncc2)c(Br)c1. The molecule has 2 nitrogen and oxygen atoms in total. The zero-order valence-electron chi connectivity index (χ0n) is 8.26. The predicted molar refractivity (Wildman–Crippen MR) is 67.9 cm³/mol. The Labute approximate surface area is 106 Å². The van der Waals surface area contributed by atoms with Crippen molar-refractivity contribution in [1.82, 2.24) is 4.98 Å². The van der Waals surface area contributed by atoms with Crippen LogP contribution in [0.15, 0.2) is 57.0 Å². The second kappa shape index (κ2) is 5.27. The van der Waals surface area contributed by atoms with Crippen molar-refractivity contribution in [2.24, 2.45) is 0 Å². The van der Waals surface area contributed by atoms with Gasteiger partial charge in [-0.05, 0) is 40.2 Å². The maximum Gasteiger partial charge on any atom is 0.150 e. The largest absolute Gasteiger partial charge is 0.298 e. The van der Waals surface area contributed by atoms with Gasteiger partial charge >= 0.3 is 0 Å². The van der Waals surface area contributed by atoms with Crippen molar-refractivity contribution in [3.05, 3.63) is 52.8 Å². The molecule has 0 aliphatic heterocycles. The molecule has 80 valence electrons. The number of carbonyl (C=O) groups excluding carboxylic acids is 1. The molecule has 0 unspecified atom stereocenters. The minimum absolute atomic E-state index is 0.672. The summed E-state index contributed by atoms with van der Waals surface area (Å²) in [6.45, 7) is 0. The molecule has 0 radical (unpaired) electrons. The Kier molecular flexibility index (Phi) is 3.74. The summed E-state index contributed by atoms with van der Waals surface area (Å²) in [7, 11) is 0. The highest BCUT2D eigenvalue weighted by atomic mass is 79.9. The van der Waals surface area contributed by atoms with Crippen LogP contribution >= 0.6 is 27.7 Å². The van der Waals surface area contributed by atoms with E-state index in [9.17, 15) is 4.79 Å². The molecule has 4 heteroatoms. The van der Waals surface area contributed by atoms with E-state index in [1.807, 2.05) is 24.3 Å². The predicted octanol–water partition coefficient (Wildman–Crippen LogP) is 3.81. The van der Waals surface area contributed by atoms with Crippen LogP contribution in [0.25, 0.3) is 0 Å². The van der Waals surface area contributed by atoms with Gasteiger partial charge in [-0.1, -0.05) is 17.8 Å². The summed E-state index contributed by atoms with van der Waals surface area (Å²) >= 11 is 5.08. The third-order valence-electron chi connectivity index (χ3n) is 1.97. The minimum Gasteiger partial charge on any atom is -0.298 e. The van der Waals surface area contributed by atoms with Crippen molar-refractivity contribution in [2.45, 2.75) is 9.79 Å². The Morgan fingerprint density at radius 3 is 2.56 bits per heavy atom. The van der Waals surface area contributed by atoms with Crippen LogP contribution in [-0.2, 0) is 0 Å². The van der Waals surface area contributed by atoms with Gasteiger partial charge in [0.1, 0.15) is 6.29 Å². The number of benzene rings is 1. The summed E-state index contributed by atoms with van der Waals surface area (Å²) in [6.07, 6.45) is 4.36. The van der Waals surface area contributed by atoms with Gasteiger partial charge in [0.15, 0.2) is 0 Å². The molecular weight excluding hydrogens is 286 g/mol. The molecule has 0 saturated carbocycles. The molecule has 0 amide bonds. The normalized spacial score (nSPS) is 10.1. The molecule has 0 spiro atoms. The molecule has 0 atom stereocenters. The molecule has 2 rings (SSSR count). The first kappa shape index (κ1) is 11.4. The van der Waals surface area contributed by atoms with Crippen LogP contribution in [0.5, 0.6) is 0 Å². The summed E-state index contributed by atoms with van der Waals surface area (Å²) in [5.74, 6) is 0. The fourth-order valence-electron chi connectivity index (χ4n) is 1.21. The van der Waals surface area contributed by atoms with Crippen LogP contribution < -0.4 is 0 Å². The number of halogens is 1. The van der Waals surface area contributed by atoms with E-state index in [0.29, 0.717) is 5.56 Å². The number of carbonyl (C=O) groups is 1. The van der Waals surface area contributed by atoms with E-state index in [2.05, 4.69) is 20.9 Å². The van der Waals surface area contributed by atoms with Gasteiger partial charge in [-0.3, -0.25) is 9.78 Å². The zero-order chi connectivity index (χ0) is 11.4. The molecular formula is C12H8BrNOS. The van der Waals surface area contributed by atoms with Crippen LogP contribution in [0.2, 0.25) is 0 Å². The third kappa shape index (κ3) is 2.71. The molecule has 1 heterocycles. The van der Waals surface area contributed by atoms with E-state index in [1.54, 1.807) is 30.2 Å². The molecule has 0 bridgehead atoms. The lowest BCUT2D eigenvalue weighted by molar-refractivity contribution is 0.112. The number of pyridine rings is 1. The first-order valence-corrected chi connectivity index (χ1v) is 6.23. The summed E-state index contributed by atoms with van der Waals surface area (Å²) in [4.78, 5) is 16.8. The van der Waals surface area contributed by atoms with E-state index in [-0.39, 0.29) is 0 Å². The van der Waals surface area contributed by atoms with Gasteiger partial charge in [-0.25, -0.2) is 0 Å². The van der Waals surface area contributed by atoms with E-state index in [0.717, 1.165) is 20.5 Å². The average Bonchev–Trinajstić information content (AvgIpc) is 2.33. The topological polar surface area (TPSA) is 30.0 Å². The lowest BCUT2D eigenvalue weighted by Crippen LogP contribution is -1.82. The summed E-state index contributed by atoms with van der Waals surface area (Å²) < 4.78 is 0.930. The molecule has 0 N–H and O–H groups in total. The van der Waals surface area contributed by atoms with Crippen molar-refractivity contribution in [2.75, 3.05) is 0 Å². The Bertz CT molecular complexity index is 502. The van der Waals surface area contributed by atoms with Crippen molar-refractivity contribution in [1.29, 1.82) is 0 Å². The number of nitrogens with zero attached hydrogens (tertiary/aromatic N) is 1. The number of hydrogen-bond donors (Lipinski definition) is 0. The van der Waals surface area contributed by atoms with Gasteiger partial charge < -0.3 is 0 Å². The van der Waals surface area contributed by atoms with Crippen molar-refractivity contribution >= 4 is 34.0 Å². The Hall–Kier alpha value is -1.13. The quantitative estimate of drug-likeness (QED) is 0.806. The fourth-order valence-corrected chi connectivity index (χ4v) is 2.65. The van der Waals surface area contributed by atoms with E-state index < -0.39 is 0 Å². The summed E-state index contributed by atoms with van der Waals surface area (Å²) in [5.41, 5.74) is 0.672. The van der Waals surface area contributed by atoms with Gasteiger partial charge in [-0.15, -0.1) is 0 Å². The van der Waals surface area contributed by atoms with Crippen molar-refractivity contribution < 1.29 is 4.79 Å². The maximum absolute atomic E-state index is 10.6. The molecule has 2 aromatic rings. The van der Waals surface area contributed by atoms with Gasteiger partial charge in [0.05, 0.1) is 0 Å². The number of rotatable bonds is 3. The van der Waals surface area contributed by atoms with Gasteiger partial charge in [0.25, 0.3) is 0 Å². The van der Waals surface area contributed by atoms with Gasteiger partial charge in [-0.2, -0.15) is 0 Å². The molecule has 0 fully saturated rings. The monoisotopic (exact) mass is 293 g/mol. The summed E-state index contributed by atoms with van der Waals surface area (Å²) in [5, 5.41) is 0. The number of aldehydes is 1. The van der Waals surface area contributed by atoms with Crippen molar-refractivity contribution in [3.63, 3.8) is 0 Å². The smallest absolute Gasteiger partial charge is 0.150 e. The van der Waals surface area contributed by atoms with Crippen LogP contribution in [0.3, 0.4) is 0 Å².